The predicted molar refractivity (Wildman–Crippen MR) is 112 cm³/mol. The van der Waals surface area contributed by atoms with Crippen molar-refractivity contribution in [1.82, 2.24) is 15.5 Å². The van der Waals surface area contributed by atoms with Crippen molar-refractivity contribution in [2.75, 3.05) is 47.0 Å². The zero-order chi connectivity index (χ0) is 19.5. The van der Waals surface area contributed by atoms with Crippen LogP contribution in [-0.4, -0.2) is 63.9 Å². The highest BCUT2D eigenvalue weighted by Crippen LogP contribution is 2.26. The molecule has 1 aliphatic rings. The Morgan fingerprint density at radius 1 is 1.22 bits per heavy atom. The van der Waals surface area contributed by atoms with E-state index in [2.05, 4.69) is 52.6 Å². The van der Waals surface area contributed by atoms with Crippen LogP contribution >= 0.6 is 0 Å². The Kier molecular flexibility index (Phi) is 9.42. The number of nitrogens with one attached hydrogen (secondary N) is 2. The number of hydrogen-bond donors (Lipinski definition) is 2. The molecule has 0 unspecified atom stereocenters. The molecular formula is C21H36N4O2. The van der Waals surface area contributed by atoms with Gasteiger partial charge < -0.3 is 20.1 Å². The van der Waals surface area contributed by atoms with Gasteiger partial charge in [0.2, 0.25) is 0 Å². The standard InChI is InChI=1S/C21H36N4O2/c1-5-13-27-20-15-17(2)6-7-18(20)16-24-21(22-3)23-10-11-25(12-14-26-4)19-8-9-19/h6-7,15,19H,5,8-14,16H2,1-4H3,(H2,22,23,24). The Morgan fingerprint density at radius 2 is 2.04 bits per heavy atom. The minimum absolute atomic E-state index is 0.689. The SMILES string of the molecule is CCCOc1cc(C)ccc1CNC(=NC)NCCN(CCOC)C1CC1. The average molecular weight is 377 g/mol. The normalized spacial score (nSPS) is 14.5. The minimum Gasteiger partial charge on any atom is -0.493 e. The molecule has 6 heteroatoms. The third-order valence-electron chi connectivity index (χ3n) is 4.69. The van der Waals surface area contributed by atoms with Crippen molar-refractivity contribution in [2.24, 2.45) is 4.99 Å². The summed E-state index contributed by atoms with van der Waals surface area (Å²) in [7, 11) is 3.57. The lowest BCUT2D eigenvalue weighted by Crippen LogP contribution is -2.42. The molecule has 0 saturated heterocycles. The molecule has 0 spiro atoms. The molecule has 6 nitrogen and oxygen atoms in total. The fourth-order valence-electron chi connectivity index (χ4n) is 3.00. The molecule has 152 valence electrons. The van der Waals surface area contributed by atoms with Crippen molar-refractivity contribution in [2.45, 2.75) is 45.7 Å². The predicted octanol–water partition coefficient (Wildman–Crippen LogP) is 2.56. The maximum Gasteiger partial charge on any atom is 0.191 e. The van der Waals surface area contributed by atoms with Crippen LogP contribution in [0.3, 0.4) is 0 Å². The van der Waals surface area contributed by atoms with Gasteiger partial charge in [0.1, 0.15) is 5.75 Å². The van der Waals surface area contributed by atoms with Gasteiger partial charge in [-0.2, -0.15) is 0 Å². The largest absolute Gasteiger partial charge is 0.493 e. The maximum absolute atomic E-state index is 5.90. The first-order valence-electron chi connectivity index (χ1n) is 10.1. The van der Waals surface area contributed by atoms with E-state index in [1.54, 1.807) is 7.11 Å². The lowest BCUT2D eigenvalue weighted by molar-refractivity contribution is 0.144. The molecule has 1 aromatic rings. The second-order valence-corrected chi connectivity index (χ2v) is 7.07. The van der Waals surface area contributed by atoms with Crippen molar-refractivity contribution < 1.29 is 9.47 Å². The van der Waals surface area contributed by atoms with Crippen LogP contribution in [0.15, 0.2) is 23.2 Å². The number of guanidine groups is 1. The molecule has 0 atom stereocenters. The van der Waals surface area contributed by atoms with Crippen LogP contribution in [0.25, 0.3) is 0 Å². The van der Waals surface area contributed by atoms with E-state index in [-0.39, 0.29) is 0 Å². The van der Waals surface area contributed by atoms with Gasteiger partial charge in [-0.3, -0.25) is 9.89 Å². The highest BCUT2D eigenvalue weighted by Gasteiger charge is 2.28. The van der Waals surface area contributed by atoms with E-state index in [0.717, 1.165) is 62.6 Å². The molecule has 1 saturated carbocycles. The molecule has 1 aliphatic carbocycles. The van der Waals surface area contributed by atoms with Crippen LogP contribution in [0.1, 0.15) is 37.3 Å². The minimum atomic E-state index is 0.689. The first-order chi connectivity index (χ1) is 13.2. The average Bonchev–Trinajstić information content (AvgIpc) is 3.51. The van der Waals surface area contributed by atoms with Crippen LogP contribution in [0.5, 0.6) is 5.75 Å². The zero-order valence-electron chi connectivity index (χ0n) is 17.4. The van der Waals surface area contributed by atoms with Crippen LogP contribution in [0.2, 0.25) is 0 Å². The summed E-state index contributed by atoms with van der Waals surface area (Å²) in [6, 6.07) is 7.09. The van der Waals surface area contributed by atoms with E-state index < -0.39 is 0 Å². The molecule has 0 aliphatic heterocycles. The molecule has 0 bridgehead atoms. The second kappa shape index (κ2) is 11.8. The van der Waals surface area contributed by atoms with Crippen molar-refractivity contribution in [3.63, 3.8) is 0 Å². The van der Waals surface area contributed by atoms with E-state index in [1.807, 2.05) is 7.05 Å². The molecule has 27 heavy (non-hydrogen) atoms. The van der Waals surface area contributed by atoms with Gasteiger partial charge in [-0.1, -0.05) is 19.1 Å². The summed E-state index contributed by atoms with van der Waals surface area (Å²) in [5, 5.41) is 6.82. The topological polar surface area (TPSA) is 58.1 Å². The Hall–Kier alpha value is -1.79. The van der Waals surface area contributed by atoms with Crippen LogP contribution in [0.4, 0.5) is 0 Å². The quantitative estimate of drug-likeness (QED) is 0.434. The van der Waals surface area contributed by atoms with Gasteiger partial charge in [0.05, 0.1) is 13.2 Å². The third-order valence-corrected chi connectivity index (χ3v) is 4.69. The molecule has 2 rings (SSSR count). The van der Waals surface area contributed by atoms with E-state index in [0.29, 0.717) is 6.54 Å². The van der Waals surface area contributed by atoms with E-state index in [9.17, 15) is 0 Å². The first-order valence-corrected chi connectivity index (χ1v) is 10.1. The fourth-order valence-corrected chi connectivity index (χ4v) is 3.00. The van der Waals surface area contributed by atoms with Crippen LogP contribution in [-0.2, 0) is 11.3 Å². The van der Waals surface area contributed by atoms with Crippen molar-refractivity contribution in [3.05, 3.63) is 29.3 Å². The summed E-state index contributed by atoms with van der Waals surface area (Å²) in [5.74, 6) is 1.78. The number of rotatable bonds is 12. The molecule has 1 aromatic carbocycles. The monoisotopic (exact) mass is 376 g/mol. The molecule has 0 heterocycles. The van der Waals surface area contributed by atoms with E-state index in [4.69, 9.17) is 9.47 Å². The number of methoxy groups -OCH3 is 1. The summed E-state index contributed by atoms with van der Waals surface area (Å²) in [4.78, 5) is 6.84. The summed E-state index contributed by atoms with van der Waals surface area (Å²) < 4.78 is 11.1. The van der Waals surface area contributed by atoms with Gasteiger partial charge >= 0.3 is 0 Å². The molecular weight excluding hydrogens is 340 g/mol. The number of ether oxygens (including phenoxy) is 2. The number of hydrogen-bond acceptors (Lipinski definition) is 4. The fraction of sp³-hybridized carbons (Fsp3) is 0.667. The number of benzene rings is 1. The molecule has 0 aromatic heterocycles. The maximum atomic E-state index is 5.90. The van der Waals surface area contributed by atoms with Gasteiger partial charge in [-0.15, -0.1) is 0 Å². The summed E-state index contributed by atoms with van der Waals surface area (Å²) in [6.45, 7) is 9.30. The Morgan fingerprint density at radius 3 is 2.70 bits per heavy atom. The van der Waals surface area contributed by atoms with Crippen molar-refractivity contribution in [3.8, 4) is 5.75 Å². The first kappa shape index (κ1) is 21.5. The number of aryl methyl sites for hydroxylation is 1. The van der Waals surface area contributed by atoms with Gasteiger partial charge in [-0.05, 0) is 37.8 Å². The Labute approximate surface area is 164 Å². The van der Waals surface area contributed by atoms with E-state index in [1.165, 1.54) is 18.4 Å². The lowest BCUT2D eigenvalue weighted by atomic mass is 10.1. The molecule has 0 radical (unpaired) electrons. The van der Waals surface area contributed by atoms with Gasteiger partial charge in [-0.25, -0.2) is 0 Å². The molecule has 1 fully saturated rings. The highest BCUT2D eigenvalue weighted by atomic mass is 16.5. The Balaban J connectivity index is 1.79. The van der Waals surface area contributed by atoms with Gasteiger partial charge in [0.15, 0.2) is 5.96 Å². The second-order valence-electron chi connectivity index (χ2n) is 7.07. The highest BCUT2D eigenvalue weighted by molar-refractivity contribution is 5.79. The summed E-state index contributed by atoms with van der Waals surface area (Å²) in [6.07, 6.45) is 3.62. The van der Waals surface area contributed by atoms with Crippen molar-refractivity contribution >= 4 is 5.96 Å². The summed E-state index contributed by atoms with van der Waals surface area (Å²) in [5.41, 5.74) is 2.36. The van der Waals surface area contributed by atoms with Crippen LogP contribution in [0, 0.1) is 6.92 Å². The number of aliphatic imine (C=N–C) groups is 1. The third kappa shape index (κ3) is 7.77. The van der Waals surface area contributed by atoms with Crippen LogP contribution < -0.4 is 15.4 Å². The van der Waals surface area contributed by atoms with E-state index >= 15 is 0 Å². The zero-order valence-corrected chi connectivity index (χ0v) is 17.4. The molecule has 2 N–H and O–H groups in total. The Bertz CT molecular complexity index is 588. The molecule has 0 amide bonds. The lowest BCUT2D eigenvalue weighted by Gasteiger charge is -2.22. The van der Waals surface area contributed by atoms with Crippen molar-refractivity contribution in [1.29, 1.82) is 0 Å². The number of nitrogens with zero attached hydrogens (tertiary/aromatic N) is 2. The smallest absolute Gasteiger partial charge is 0.191 e. The van der Waals surface area contributed by atoms with Gasteiger partial charge in [0.25, 0.3) is 0 Å². The summed E-state index contributed by atoms with van der Waals surface area (Å²) >= 11 is 0. The van der Waals surface area contributed by atoms with Gasteiger partial charge in [0, 0.05) is 51.9 Å².